The number of benzene rings is 1. The summed E-state index contributed by atoms with van der Waals surface area (Å²) in [7, 11) is 0. The molecule has 0 unspecified atom stereocenters. The van der Waals surface area contributed by atoms with Crippen molar-refractivity contribution in [3.8, 4) is 0 Å². The van der Waals surface area contributed by atoms with E-state index in [1.165, 1.54) is 6.07 Å². The molecule has 0 heterocycles. The quantitative estimate of drug-likeness (QED) is 0.570. The minimum absolute atomic E-state index is 0.0827. The molecule has 98 valence electrons. The van der Waals surface area contributed by atoms with Crippen LogP contribution in [0.5, 0.6) is 0 Å². The summed E-state index contributed by atoms with van der Waals surface area (Å²) >= 11 is 5.97. The van der Waals surface area contributed by atoms with Crippen molar-refractivity contribution in [3.63, 3.8) is 0 Å². The summed E-state index contributed by atoms with van der Waals surface area (Å²) in [6.07, 6.45) is -0.583. The molecule has 0 radical (unpaired) electrons. The van der Waals surface area contributed by atoms with Crippen LogP contribution in [0.4, 0.5) is 10.5 Å². The molecule has 0 aliphatic carbocycles. The first-order chi connectivity index (χ1) is 8.19. The van der Waals surface area contributed by atoms with Crippen molar-refractivity contribution in [2.24, 2.45) is 5.73 Å². The number of nitrogens with two attached hydrogens (primary N) is 1. The Labute approximate surface area is 111 Å². The van der Waals surface area contributed by atoms with E-state index < -0.39 is 11.7 Å². The number of amidine groups is 1. The molecule has 0 atom stereocenters. The molecule has 0 fully saturated rings. The molecule has 1 rings (SSSR count). The van der Waals surface area contributed by atoms with Crippen molar-refractivity contribution >= 4 is 29.2 Å². The van der Waals surface area contributed by atoms with Gasteiger partial charge in [-0.2, -0.15) is 0 Å². The van der Waals surface area contributed by atoms with E-state index in [0.717, 1.165) is 0 Å². The number of carbonyl (C=O) groups excluding carboxylic acids is 1. The molecule has 6 heteroatoms. The Morgan fingerprint density at radius 2 is 2.06 bits per heavy atom. The zero-order chi connectivity index (χ0) is 13.9. The minimum atomic E-state index is -0.583. The molecule has 1 aromatic rings. The summed E-state index contributed by atoms with van der Waals surface area (Å²) < 4.78 is 5.10. The van der Waals surface area contributed by atoms with Crippen molar-refractivity contribution in [2.75, 3.05) is 5.32 Å². The maximum Gasteiger partial charge on any atom is 0.412 e. The number of hydrogen-bond donors (Lipinski definition) is 3. The van der Waals surface area contributed by atoms with Crippen LogP contribution in [0, 0.1) is 5.41 Å². The normalized spacial score (nSPS) is 10.9. The predicted molar refractivity (Wildman–Crippen MR) is 72.3 cm³/mol. The summed E-state index contributed by atoms with van der Waals surface area (Å²) in [5.41, 5.74) is 5.66. The summed E-state index contributed by atoms with van der Waals surface area (Å²) in [6, 6.07) is 4.68. The van der Waals surface area contributed by atoms with Gasteiger partial charge in [0.25, 0.3) is 0 Å². The Hall–Kier alpha value is -1.75. The van der Waals surface area contributed by atoms with Crippen LogP contribution < -0.4 is 11.1 Å². The standard InChI is InChI=1S/C12H16ClN3O2/c1-12(2,3)18-11(17)16-9-5-4-7(10(14)15)6-8(9)13/h4-6H,1-3H3,(H3,14,15)(H,16,17). The van der Waals surface area contributed by atoms with Crippen LogP contribution in [0.25, 0.3) is 0 Å². The fourth-order valence-corrected chi connectivity index (χ4v) is 1.43. The van der Waals surface area contributed by atoms with Gasteiger partial charge < -0.3 is 10.5 Å². The van der Waals surface area contributed by atoms with Crippen LogP contribution in [0.15, 0.2) is 18.2 Å². The van der Waals surface area contributed by atoms with E-state index in [1.807, 2.05) is 0 Å². The zero-order valence-electron chi connectivity index (χ0n) is 10.5. The molecule has 0 saturated carbocycles. The Morgan fingerprint density at radius 3 is 2.50 bits per heavy atom. The summed E-state index contributed by atoms with van der Waals surface area (Å²) in [5.74, 6) is -0.0827. The number of nitrogens with one attached hydrogen (secondary N) is 2. The number of halogens is 1. The van der Waals surface area contributed by atoms with Gasteiger partial charge >= 0.3 is 6.09 Å². The molecule has 18 heavy (non-hydrogen) atoms. The van der Waals surface area contributed by atoms with Gasteiger partial charge in [0.05, 0.1) is 10.7 Å². The van der Waals surface area contributed by atoms with E-state index in [2.05, 4.69) is 5.32 Å². The van der Waals surface area contributed by atoms with Gasteiger partial charge in [0, 0.05) is 5.56 Å². The highest BCUT2D eigenvalue weighted by atomic mass is 35.5. The highest BCUT2D eigenvalue weighted by molar-refractivity contribution is 6.34. The third kappa shape index (κ3) is 4.25. The maximum atomic E-state index is 11.5. The van der Waals surface area contributed by atoms with Crippen molar-refractivity contribution in [3.05, 3.63) is 28.8 Å². The number of nitrogen functional groups attached to an aromatic ring is 1. The number of amides is 1. The first-order valence-electron chi connectivity index (χ1n) is 5.33. The van der Waals surface area contributed by atoms with E-state index in [9.17, 15) is 4.79 Å². The third-order valence-electron chi connectivity index (χ3n) is 1.92. The first-order valence-corrected chi connectivity index (χ1v) is 5.71. The van der Waals surface area contributed by atoms with E-state index in [0.29, 0.717) is 16.3 Å². The molecule has 4 N–H and O–H groups in total. The van der Waals surface area contributed by atoms with Gasteiger partial charge in [-0.25, -0.2) is 4.79 Å². The van der Waals surface area contributed by atoms with E-state index in [-0.39, 0.29) is 5.84 Å². The lowest BCUT2D eigenvalue weighted by Crippen LogP contribution is -2.27. The molecule has 0 saturated heterocycles. The minimum Gasteiger partial charge on any atom is -0.444 e. The average molecular weight is 270 g/mol. The van der Waals surface area contributed by atoms with E-state index in [4.69, 9.17) is 27.5 Å². The van der Waals surface area contributed by atoms with Crippen molar-refractivity contribution in [2.45, 2.75) is 26.4 Å². The molecule has 5 nitrogen and oxygen atoms in total. The van der Waals surface area contributed by atoms with Crippen molar-refractivity contribution in [1.29, 1.82) is 5.41 Å². The Balaban J connectivity index is 2.80. The fraction of sp³-hybridized carbons (Fsp3) is 0.333. The monoisotopic (exact) mass is 269 g/mol. The zero-order valence-corrected chi connectivity index (χ0v) is 11.3. The second-order valence-corrected chi connectivity index (χ2v) is 5.14. The number of carbonyl (C=O) groups is 1. The molecule has 0 aliphatic heterocycles. The maximum absolute atomic E-state index is 11.5. The van der Waals surface area contributed by atoms with Crippen molar-refractivity contribution < 1.29 is 9.53 Å². The van der Waals surface area contributed by atoms with Crippen LogP contribution in [0.1, 0.15) is 26.3 Å². The molecular weight excluding hydrogens is 254 g/mol. The second-order valence-electron chi connectivity index (χ2n) is 4.74. The number of anilines is 1. The molecule has 1 amide bonds. The van der Waals surface area contributed by atoms with Crippen LogP contribution in [-0.2, 0) is 4.74 Å². The number of ether oxygens (including phenoxy) is 1. The third-order valence-corrected chi connectivity index (χ3v) is 2.23. The Bertz CT molecular complexity index is 481. The highest BCUT2D eigenvalue weighted by Gasteiger charge is 2.17. The van der Waals surface area contributed by atoms with Crippen LogP contribution >= 0.6 is 11.6 Å². The van der Waals surface area contributed by atoms with Gasteiger partial charge in [0.1, 0.15) is 11.4 Å². The van der Waals surface area contributed by atoms with Gasteiger partial charge in [0.15, 0.2) is 0 Å². The fourth-order valence-electron chi connectivity index (χ4n) is 1.20. The van der Waals surface area contributed by atoms with Gasteiger partial charge in [-0.15, -0.1) is 0 Å². The molecular formula is C12H16ClN3O2. The van der Waals surface area contributed by atoms with Gasteiger partial charge in [0.2, 0.25) is 0 Å². The Morgan fingerprint density at radius 1 is 1.44 bits per heavy atom. The lowest BCUT2D eigenvalue weighted by Gasteiger charge is -2.20. The lowest BCUT2D eigenvalue weighted by molar-refractivity contribution is 0.0636. The smallest absolute Gasteiger partial charge is 0.412 e. The number of hydrogen-bond acceptors (Lipinski definition) is 3. The van der Waals surface area contributed by atoms with E-state index in [1.54, 1.807) is 32.9 Å². The summed E-state index contributed by atoms with van der Waals surface area (Å²) in [4.78, 5) is 11.5. The predicted octanol–water partition coefficient (Wildman–Crippen LogP) is 2.97. The second kappa shape index (κ2) is 5.27. The van der Waals surface area contributed by atoms with E-state index >= 15 is 0 Å². The van der Waals surface area contributed by atoms with Crippen LogP contribution in [0.2, 0.25) is 5.02 Å². The summed E-state index contributed by atoms with van der Waals surface area (Å²) in [5, 5.41) is 10.1. The SMILES string of the molecule is CC(C)(C)OC(=O)Nc1ccc(C(=N)N)cc1Cl. The molecule has 0 bridgehead atoms. The van der Waals surface area contributed by atoms with Gasteiger partial charge in [-0.05, 0) is 39.0 Å². The highest BCUT2D eigenvalue weighted by Crippen LogP contribution is 2.23. The average Bonchev–Trinajstić information content (AvgIpc) is 2.17. The molecule has 1 aromatic carbocycles. The lowest BCUT2D eigenvalue weighted by atomic mass is 10.2. The molecule has 0 aromatic heterocycles. The van der Waals surface area contributed by atoms with Crippen LogP contribution in [-0.4, -0.2) is 17.5 Å². The number of rotatable bonds is 2. The summed E-state index contributed by atoms with van der Waals surface area (Å²) in [6.45, 7) is 5.31. The van der Waals surface area contributed by atoms with Crippen molar-refractivity contribution in [1.82, 2.24) is 0 Å². The van der Waals surface area contributed by atoms with Gasteiger partial charge in [-0.3, -0.25) is 10.7 Å². The Kier molecular flexibility index (Phi) is 4.19. The first kappa shape index (κ1) is 14.3. The topological polar surface area (TPSA) is 88.2 Å². The largest absolute Gasteiger partial charge is 0.444 e. The van der Waals surface area contributed by atoms with Gasteiger partial charge in [-0.1, -0.05) is 11.6 Å². The molecule has 0 spiro atoms. The van der Waals surface area contributed by atoms with Crippen LogP contribution in [0.3, 0.4) is 0 Å². The molecule has 0 aliphatic rings.